The fourth-order valence-electron chi connectivity index (χ4n) is 2.14. The van der Waals surface area contributed by atoms with Gasteiger partial charge in [0.05, 0.1) is 13.0 Å². The molecular formula is C14H22N2O5S2. The maximum atomic E-state index is 11.8. The third-order valence-corrected chi connectivity index (χ3v) is 6.30. The summed E-state index contributed by atoms with van der Waals surface area (Å²) in [5, 5.41) is 14.2. The monoisotopic (exact) mass is 362 g/mol. The Morgan fingerprint density at radius 3 is 2.70 bits per heavy atom. The molecule has 1 rings (SSSR count). The number of hydrogen-bond acceptors (Lipinski definition) is 6. The molecule has 0 bridgehead atoms. The molecule has 0 spiro atoms. The first kappa shape index (κ1) is 19.8. The highest BCUT2D eigenvalue weighted by Gasteiger charge is 2.23. The summed E-state index contributed by atoms with van der Waals surface area (Å²) in [6.07, 6.45) is 4.18. The van der Waals surface area contributed by atoms with Gasteiger partial charge in [0.25, 0.3) is 0 Å². The molecule has 0 aromatic rings. The Labute approximate surface area is 143 Å². The average Bonchev–Trinajstić information content (AvgIpc) is 3.01. The zero-order chi connectivity index (χ0) is 17.1. The van der Waals surface area contributed by atoms with Crippen molar-refractivity contribution in [2.45, 2.75) is 49.8 Å². The topological polar surface area (TPSA) is 113 Å². The highest BCUT2D eigenvalue weighted by molar-refractivity contribution is 8.77. The lowest BCUT2D eigenvalue weighted by molar-refractivity contribution is -0.140. The lowest BCUT2D eigenvalue weighted by Crippen LogP contribution is -2.48. The molecule has 23 heavy (non-hydrogen) atoms. The molecule has 7 nitrogen and oxygen atoms in total. The van der Waals surface area contributed by atoms with Gasteiger partial charge < -0.3 is 20.5 Å². The minimum atomic E-state index is -1.19. The maximum Gasteiger partial charge on any atom is 0.305 e. The molecule has 1 fully saturated rings. The summed E-state index contributed by atoms with van der Waals surface area (Å²) >= 11 is 0. The standard InChI is InChI=1S/C14H22N2O5S2/c17-7-6-15-14(21)11(9-13(19)20)16-12(18)4-2-1-3-10-5-8-22-23-10/h7,10-11H,1-6,8-9H2,(H,15,21)(H,16,18)(H,19,20). The molecule has 2 atom stereocenters. The summed E-state index contributed by atoms with van der Waals surface area (Å²) < 4.78 is 0. The SMILES string of the molecule is O=CCNC(=O)C(CC(=O)O)NC(=O)CCCCC1CCSS1. The number of aliphatic carboxylic acids is 1. The van der Waals surface area contributed by atoms with Crippen molar-refractivity contribution in [2.75, 3.05) is 12.3 Å². The van der Waals surface area contributed by atoms with Crippen LogP contribution >= 0.6 is 21.6 Å². The summed E-state index contributed by atoms with van der Waals surface area (Å²) in [6.45, 7) is -0.206. The van der Waals surface area contributed by atoms with Crippen molar-refractivity contribution in [3.8, 4) is 0 Å². The van der Waals surface area contributed by atoms with Crippen LogP contribution in [0, 0.1) is 0 Å². The third-order valence-electron chi connectivity index (χ3n) is 3.30. The number of carbonyl (C=O) groups excluding carboxylic acids is 3. The molecule has 0 aromatic carbocycles. The number of amides is 2. The van der Waals surface area contributed by atoms with Gasteiger partial charge in [0.1, 0.15) is 12.3 Å². The number of aldehydes is 1. The predicted molar refractivity (Wildman–Crippen MR) is 90.2 cm³/mol. The van der Waals surface area contributed by atoms with E-state index in [0.29, 0.717) is 18.0 Å². The molecule has 2 amide bonds. The smallest absolute Gasteiger partial charge is 0.305 e. The minimum Gasteiger partial charge on any atom is -0.481 e. The van der Waals surface area contributed by atoms with Crippen molar-refractivity contribution in [2.24, 2.45) is 0 Å². The molecule has 0 saturated carbocycles. The van der Waals surface area contributed by atoms with Crippen LogP contribution in [0.2, 0.25) is 0 Å². The van der Waals surface area contributed by atoms with Crippen LogP contribution in [0.1, 0.15) is 38.5 Å². The summed E-state index contributed by atoms with van der Waals surface area (Å²) in [6, 6.07) is -1.15. The van der Waals surface area contributed by atoms with E-state index in [1.807, 2.05) is 21.6 Å². The number of nitrogens with one attached hydrogen (secondary N) is 2. The fraction of sp³-hybridized carbons (Fsp3) is 0.714. The highest BCUT2D eigenvalue weighted by atomic mass is 33.1. The third kappa shape index (κ3) is 8.85. The van der Waals surface area contributed by atoms with E-state index in [2.05, 4.69) is 10.6 Å². The molecule has 1 saturated heterocycles. The molecule has 3 N–H and O–H groups in total. The Morgan fingerprint density at radius 2 is 2.09 bits per heavy atom. The van der Waals surface area contributed by atoms with E-state index in [1.165, 1.54) is 12.2 Å². The number of hydrogen-bond donors (Lipinski definition) is 3. The van der Waals surface area contributed by atoms with Gasteiger partial charge in [-0.2, -0.15) is 0 Å². The van der Waals surface area contributed by atoms with Crippen LogP contribution in [0.4, 0.5) is 0 Å². The van der Waals surface area contributed by atoms with Gasteiger partial charge >= 0.3 is 5.97 Å². The number of carboxylic acid groups (broad SMARTS) is 1. The predicted octanol–water partition coefficient (Wildman–Crippen LogP) is 0.975. The van der Waals surface area contributed by atoms with Crippen molar-refractivity contribution in [1.29, 1.82) is 0 Å². The van der Waals surface area contributed by atoms with Crippen LogP contribution in [0.15, 0.2) is 0 Å². The normalized spacial score (nSPS) is 18.2. The first-order valence-electron chi connectivity index (χ1n) is 7.53. The van der Waals surface area contributed by atoms with Crippen molar-refractivity contribution in [3.05, 3.63) is 0 Å². The van der Waals surface area contributed by atoms with Crippen LogP contribution in [0.25, 0.3) is 0 Å². The first-order chi connectivity index (χ1) is 11.0. The molecule has 130 valence electrons. The first-order valence-corrected chi connectivity index (χ1v) is 9.92. The maximum absolute atomic E-state index is 11.8. The van der Waals surface area contributed by atoms with Gasteiger partial charge in [0.15, 0.2) is 0 Å². The number of rotatable bonds is 11. The van der Waals surface area contributed by atoms with E-state index in [9.17, 15) is 19.2 Å². The van der Waals surface area contributed by atoms with Gasteiger partial charge in [-0.25, -0.2) is 0 Å². The van der Waals surface area contributed by atoms with Crippen LogP contribution in [0.5, 0.6) is 0 Å². The average molecular weight is 362 g/mol. The quantitative estimate of drug-likeness (QED) is 0.285. The van der Waals surface area contributed by atoms with Gasteiger partial charge in [-0.3, -0.25) is 14.4 Å². The molecule has 1 heterocycles. The van der Waals surface area contributed by atoms with Crippen molar-refractivity contribution < 1.29 is 24.3 Å². The zero-order valence-electron chi connectivity index (χ0n) is 12.8. The largest absolute Gasteiger partial charge is 0.481 e. The fourth-order valence-corrected chi connectivity index (χ4v) is 5.17. The number of unbranched alkanes of at least 4 members (excludes halogenated alkanes) is 1. The Kier molecular flexibility index (Phi) is 9.77. The van der Waals surface area contributed by atoms with Crippen molar-refractivity contribution >= 4 is 45.7 Å². The van der Waals surface area contributed by atoms with E-state index in [-0.39, 0.29) is 18.9 Å². The molecule has 1 aliphatic heterocycles. The molecule has 0 aliphatic carbocycles. The van der Waals surface area contributed by atoms with Crippen LogP contribution in [-0.2, 0) is 19.2 Å². The number of carbonyl (C=O) groups is 4. The highest BCUT2D eigenvalue weighted by Crippen LogP contribution is 2.39. The summed E-state index contributed by atoms with van der Waals surface area (Å²) in [7, 11) is 3.78. The van der Waals surface area contributed by atoms with Gasteiger partial charge in [-0.1, -0.05) is 28.0 Å². The lowest BCUT2D eigenvalue weighted by atomic mass is 10.1. The van der Waals surface area contributed by atoms with Gasteiger partial charge in [0.2, 0.25) is 11.8 Å². The summed E-state index contributed by atoms with van der Waals surface area (Å²) in [5.74, 6) is -1.01. The Balaban J connectivity index is 2.28. The Morgan fingerprint density at radius 1 is 1.30 bits per heavy atom. The van der Waals surface area contributed by atoms with Crippen LogP contribution in [-0.4, -0.2) is 52.8 Å². The second-order valence-electron chi connectivity index (χ2n) is 5.20. The molecule has 9 heteroatoms. The molecular weight excluding hydrogens is 340 g/mol. The molecule has 0 radical (unpaired) electrons. The Hall–Kier alpha value is -1.22. The van der Waals surface area contributed by atoms with Crippen LogP contribution < -0.4 is 10.6 Å². The zero-order valence-corrected chi connectivity index (χ0v) is 14.4. The molecule has 1 aliphatic rings. The summed E-state index contributed by atoms with van der Waals surface area (Å²) in [4.78, 5) is 44.6. The summed E-state index contributed by atoms with van der Waals surface area (Å²) in [5.41, 5.74) is 0. The Bertz CT molecular complexity index is 427. The van der Waals surface area contributed by atoms with E-state index in [1.54, 1.807) is 0 Å². The second kappa shape index (κ2) is 11.3. The van der Waals surface area contributed by atoms with Crippen molar-refractivity contribution in [3.63, 3.8) is 0 Å². The van der Waals surface area contributed by atoms with E-state index >= 15 is 0 Å². The van der Waals surface area contributed by atoms with E-state index in [4.69, 9.17) is 5.11 Å². The van der Waals surface area contributed by atoms with E-state index in [0.717, 1.165) is 12.8 Å². The second-order valence-corrected chi connectivity index (χ2v) is 7.99. The minimum absolute atomic E-state index is 0.206. The van der Waals surface area contributed by atoms with Gasteiger partial charge in [0, 0.05) is 17.4 Å². The molecule has 2 unspecified atom stereocenters. The van der Waals surface area contributed by atoms with Crippen LogP contribution in [0.3, 0.4) is 0 Å². The van der Waals surface area contributed by atoms with E-state index < -0.39 is 24.3 Å². The number of carboxylic acids is 1. The lowest BCUT2D eigenvalue weighted by Gasteiger charge is -2.16. The van der Waals surface area contributed by atoms with Crippen molar-refractivity contribution in [1.82, 2.24) is 10.6 Å². The molecule has 0 aromatic heterocycles. The van der Waals surface area contributed by atoms with Gasteiger partial charge in [-0.05, 0) is 19.3 Å². The van der Waals surface area contributed by atoms with Gasteiger partial charge in [-0.15, -0.1) is 0 Å².